The molecule has 0 aliphatic rings. The Balaban J connectivity index is 2.82. The first kappa shape index (κ1) is 13.1. The Bertz CT molecular complexity index is 431. The van der Waals surface area contributed by atoms with Crippen molar-refractivity contribution >= 4 is 11.6 Å². The SMILES string of the molecule is Cc1cc(C(=O)NCCCO)cc([N+](=O)[O-])c1. The molecule has 2 N–H and O–H groups in total. The summed E-state index contributed by atoms with van der Waals surface area (Å²) in [6, 6.07) is 4.23. The molecular formula is C11H14N2O4. The summed E-state index contributed by atoms with van der Waals surface area (Å²) in [5, 5.41) is 21.8. The van der Waals surface area contributed by atoms with Crippen molar-refractivity contribution in [2.75, 3.05) is 13.2 Å². The minimum Gasteiger partial charge on any atom is -0.396 e. The normalized spacial score (nSPS) is 10.0. The van der Waals surface area contributed by atoms with Crippen LogP contribution in [-0.2, 0) is 0 Å². The van der Waals surface area contributed by atoms with E-state index in [0.29, 0.717) is 18.5 Å². The van der Waals surface area contributed by atoms with Crippen molar-refractivity contribution in [3.8, 4) is 0 Å². The lowest BCUT2D eigenvalue weighted by molar-refractivity contribution is -0.384. The van der Waals surface area contributed by atoms with Crippen molar-refractivity contribution in [2.45, 2.75) is 13.3 Å². The van der Waals surface area contributed by atoms with Crippen molar-refractivity contribution in [1.82, 2.24) is 5.32 Å². The Labute approximate surface area is 98.4 Å². The molecule has 0 saturated heterocycles. The summed E-state index contributed by atoms with van der Waals surface area (Å²) in [6.45, 7) is 2.03. The zero-order valence-corrected chi connectivity index (χ0v) is 9.47. The summed E-state index contributed by atoms with van der Waals surface area (Å²) in [4.78, 5) is 21.7. The van der Waals surface area contributed by atoms with E-state index >= 15 is 0 Å². The van der Waals surface area contributed by atoms with Crippen LogP contribution in [0, 0.1) is 17.0 Å². The third-order valence-corrected chi connectivity index (χ3v) is 2.16. The van der Waals surface area contributed by atoms with Gasteiger partial charge in [-0.2, -0.15) is 0 Å². The van der Waals surface area contributed by atoms with Crippen molar-refractivity contribution in [2.24, 2.45) is 0 Å². The number of nitro groups is 1. The monoisotopic (exact) mass is 238 g/mol. The number of nitrogens with one attached hydrogen (secondary N) is 1. The van der Waals surface area contributed by atoms with Crippen molar-refractivity contribution in [3.63, 3.8) is 0 Å². The number of aliphatic hydroxyl groups is 1. The number of non-ortho nitro benzene ring substituents is 1. The topological polar surface area (TPSA) is 92.5 Å². The van der Waals surface area contributed by atoms with E-state index in [0.717, 1.165) is 0 Å². The number of hydrogen-bond donors (Lipinski definition) is 2. The fourth-order valence-corrected chi connectivity index (χ4v) is 1.38. The smallest absolute Gasteiger partial charge is 0.270 e. The lowest BCUT2D eigenvalue weighted by atomic mass is 10.1. The van der Waals surface area contributed by atoms with Gasteiger partial charge >= 0.3 is 0 Å². The summed E-state index contributed by atoms with van der Waals surface area (Å²) in [5.41, 5.74) is 0.818. The van der Waals surface area contributed by atoms with Crippen LogP contribution in [0.4, 0.5) is 5.69 Å². The molecule has 1 aromatic carbocycles. The average molecular weight is 238 g/mol. The number of amides is 1. The molecule has 0 atom stereocenters. The number of nitro benzene ring substituents is 1. The van der Waals surface area contributed by atoms with Crippen molar-refractivity contribution < 1.29 is 14.8 Å². The molecule has 0 heterocycles. The first-order valence-electron chi connectivity index (χ1n) is 5.19. The van der Waals surface area contributed by atoms with Gasteiger partial charge in [0.15, 0.2) is 0 Å². The maximum absolute atomic E-state index is 11.6. The standard InChI is InChI=1S/C11H14N2O4/c1-8-5-9(7-10(6-8)13(16)17)11(15)12-3-2-4-14/h5-7,14H,2-4H2,1H3,(H,12,15). The number of nitrogens with zero attached hydrogens (tertiary/aromatic N) is 1. The zero-order chi connectivity index (χ0) is 12.8. The number of carbonyl (C=O) groups excluding carboxylic acids is 1. The van der Waals surface area contributed by atoms with Crippen LogP contribution in [0.1, 0.15) is 22.3 Å². The summed E-state index contributed by atoms with van der Waals surface area (Å²) in [6.07, 6.45) is 0.458. The molecule has 0 radical (unpaired) electrons. The van der Waals surface area contributed by atoms with E-state index in [4.69, 9.17) is 5.11 Å². The second-order valence-electron chi connectivity index (χ2n) is 3.65. The van der Waals surface area contributed by atoms with E-state index in [2.05, 4.69) is 5.32 Å². The number of benzene rings is 1. The summed E-state index contributed by atoms with van der Waals surface area (Å²) < 4.78 is 0. The van der Waals surface area contributed by atoms with Crippen LogP contribution in [0.15, 0.2) is 18.2 Å². The van der Waals surface area contributed by atoms with Gasteiger partial charge in [-0.15, -0.1) is 0 Å². The molecule has 1 rings (SSSR count). The Morgan fingerprint density at radius 2 is 2.18 bits per heavy atom. The van der Waals surface area contributed by atoms with Gasteiger partial charge in [-0.1, -0.05) is 0 Å². The highest BCUT2D eigenvalue weighted by atomic mass is 16.6. The predicted octanol–water partition coefficient (Wildman–Crippen LogP) is 1.02. The van der Waals surface area contributed by atoms with Gasteiger partial charge in [0.25, 0.3) is 11.6 Å². The Hall–Kier alpha value is -1.95. The fourth-order valence-electron chi connectivity index (χ4n) is 1.38. The van der Waals surface area contributed by atoms with E-state index in [9.17, 15) is 14.9 Å². The van der Waals surface area contributed by atoms with Crippen LogP contribution in [0.25, 0.3) is 0 Å². The first-order chi connectivity index (χ1) is 8.04. The van der Waals surface area contributed by atoms with E-state index in [1.54, 1.807) is 13.0 Å². The van der Waals surface area contributed by atoms with Crippen LogP contribution in [0.2, 0.25) is 0 Å². The second kappa shape index (κ2) is 5.95. The highest BCUT2D eigenvalue weighted by Gasteiger charge is 2.12. The summed E-state index contributed by atoms with van der Waals surface area (Å²) in [5.74, 6) is -0.370. The maximum atomic E-state index is 11.6. The van der Waals surface area contributed by atoms with E-state index < -0.39 is 4.92 Å². The van der Waals surface area contributed by atoms with E-state index in [1.165, 1.54) is 12.1 Å². The lowest BCUT2D eigenvalue weighted by Gasteiger charge is -2.05. The Morgan fingerprint density at radius 1 is 1.47 bits per heavy atom. The summed E-state index contributed by atoms with van der Waals surface area (Å²) >= 11 is 0. The first-order valence-corrected chi connectivity index (χ1v) is 5.19. The highest BCUT2D eigenvalue weighted by Crippen LogP contribution is 2.16. The van der Waals surface area contributed by atoms with Gasteiger partial charge in [-0.25, -0.2) is 0 Å². The number of carbonyl (C=O) groups is 1. The number of aryl methyl sites for hydroxylation is 1. The minimum atomic E-state index is -0.530. The molecule has 92 valence electrons. The van der Waals surface area contributed by atoms with Crippen molar-refractivity contribution in [1.29, 1.82) is 0 Å². The number of rotatable bonds is 5. The van der Waals surface area contributed by atoms with E-state index in [1.807, 2.05) is 0 Å². The van der Waals surface area contributed by atoms with Gasteiger partial charge in [-0.3, -0.25) is 14.9 Å². The summed E-state index contributed by atoms with van der Waals surface area (Å²) in [7, 11) is 0. The molecule has 0 aliphatic heterocycles. The molecule has 0 aromatic heterocycles. The molecule has 6 nitrogen and oxygen atoms in total. The predicted molar refractivity (Wildman–Crippen MR) is 61.9 cm³/mol. The van der Waals surface area contributed by atoms with Gasteiger partial charge in [0.2, 0.25) is 0 Å². The van der Waals surface area contributed by atoms with Crippen LogP contribution >= 0.6 is 0 Å². The minimum absolute atomic E-state index is 0.00571. The molecule has 0 spiro atoms. The largest absolute Gasteiger partial charge is 0.396 e. The molecule has 0 fully saturated rings. The Morgan fingerprint density at radius 3 is 2.76 bits per heavy atom. The average Bonchev–Trinajstić information content (AvgIpc) is 2.28. The molecular weight excluding hydrogens is 224 g/mol. The molecule has 1 aromatic rings. The number of aliphatic hydroxyl groups excluding tert-OH is 1. The molecule has 0 saturated carbocycles. The maximum Gasteiger partial charge on any atom is 0.270 e. The molecule has 1 amide bonds. The third-order valence-electron chi connectivity index (χ3n) is 2.16. The van der Waals surface area contributed by atoms with Gasteiger partial charge in [0.1, 0.15) is 0 Å². The highest BCUT2D eigenvalue weighted by molar-refractivity contribution is 5.95. The van der Waals surface area contributed by atoms with Crippen molar-refractivity contribution in [3.05, 3.63) is 39.4 Å². The van der Waals surface area contributed by atoms with Gasteiger partial charge in [0.05, 0.1) is 4.92 Å². The quantitative estimate of drug-likeness (QED) is 0.455. The zero-order valence-electron chi connectivity index (χ0n) is 9.47. The molecule has 17 heavy (non-hydrogen) atoms. The van der Waals surface area contributed by atoms with Crippen LogP contribution < -0.4 is 5.32 Å². The second-order valence-corrected chi connectivity index (χ2v) is 3.65. The van der Waals surface area contributed by atoms with Gasteiger partial charge in [0, 0.05) is 30.8 Å². The molecule has 6 heteroatoms. The number of hydrogen-bond acceptors (Lipinski definition) is 4. The van der Waals surface area contributed by atoms with Gasteiger partial charge < -0.3 is 10.4 Å². The van der Waals surface area contributed by atoms with E-state index in [-0.39, 0.29) is 23.8 Å². The van der Waals surface area contributed by atoms with Crippen LogP contribution in [0.3, 0.4) is 0 Å². The van der Waals surface area contributed by atoms with Crippen LogP contribution in [-0.4, -0.2) is 29.1 Å². The fraction of sp³-hybridized carbons (Fsp3) is 0.364. The lowest BCUT2D eigenvalue weighted by Crippen LogP contribution is -2.25. The molecule has 0 aliphatic carbocycles. The van der Waals surface area contributed by atoms with Crippen LogP contribution in [0.5, 0.6) is 0 Å². The third kappa shape index (κ3) is 3.84. The molecule has 0 unspecified atom stereocenters. The molecule has 0 bridgehead atoms. The van der Waals surface area contributed by atoms with Gasteiger partial charge in [-0.05, 0) is 25.0 Å². The Kier molecular flexibility index (Phi) is 4.59.